The topological polar surface area (TPSA) is 38.3 Å². The zero-order valence-corrected chi connectivity index (χ0v) is 4.61. The summed E-state index contributed by atoms with van der Waals surface area (Å²) in [5.41, 5.74) is 0.0624. The summed E-state index contributed by atoms with van der Waals surface area (Å²) in [5.74, 6) is 0. The Balaban J connectivity index is 2.81. The van der Waals surface area contributed by atoms with Gasteiger partial charge in [-0.2, -0.15) is 0 Å². The quantitative estimate of drug-likeness (QED) is 0.261. The largest absolute Gasteiger partial charge is 0.335 e. The van der Waals surface area contributed by atoms with Gasteiger partial charge in [0.15, 0.2) is 5.63 Å². The minimum Gasteiger partial charge on any atom is -0.269 e. The average Bonchev–Trinajstić information content (AvgIpc) is 1.66. The van der Waals surface area contributed by atoms with Crippen LogP contribution in [0.25, 0.3) is 0 Å². The zero-order chi connectivity index (χ0) is 6.41. The molecule has 47 valence electrons. The highest BCUT2D eigenvalue weighted by molar-refractivity contribution is 6.19. The van der Waals surface area contributed by atoms with E-state index in [9.17, 15) is 9.18 Å². The van der Waals surface area contributed by atoms with E-state index in [1.165, 1.54) is 6.41 Å². The van der Waals surface area contributed by atoms with Gasteiger partial charge >= 0.3 is 6.41 Å². The van der Waals surface area contributed by atoms with Crippen molar-refractivity contribution < 1.29 is 14.0 Å². The molecule has 1 atom stereocenters. The maximum Gasteiger partial charge on any atom is 0.335 e. The lowest BCUT2D eigenvalue weighted by Crippen LogP contribution is -2.15. The Morgan fingerprint density at radius 3 is 3.00 bits per heavy atom. The molecule has 8 heavy (non-hydrogen) atoms. The predicted octanol–water partition coefficient (Wildman–Crippen LogP) is 0.109. The molecule has 0 rings (SSSR count). The van der Waals surface area contributed by atoms with Crippen LogP contribution < -0.4 is 5.48 Å². The highest BCUT2D eigenvalue weighted by atomic mass is 35.5. The Morgan fingerprint density at radius 1 is 2.00 bits per heavy atom. The van der Waals surface area contributed by atoms with Crippen molar-refractivity contribution in [2.24, 2.45) is 0 Å². The van der Waals surface area contributed by atoms with Crippen molar-refractivity contribution in [2.45, 2.75) is 5.63 Å². The number of hydrogen-bond acceptors (Lipinski definition) is 2. The van der Waals surface area contributed by atoms with Gasteiger partial charge in [0.25, 0.3) is 0 Å². The second-order valence-corrected chi connectivity index (χ2v) is 1.38. The first-order valence-electron chi connectivity index (χ1n) is 1.79. The molecule has 1 amide bonds. The van der Waals surface area contributed by atoms with Gasteiger partial charge in [-0.15, -0.1) is 0 Å². The van der Waals surface area contributed by atoms with Gasteiger partial charge in [0.2, 0.25) is 0 Å². The number of halogens is 2. The summed E-state index contributed by atoms with van der Waals surface area (Å²) in [6, 6.07) is 0. The van der Waals surface area contributed by atoms with Crippen LogP contribution in [0.2, 0.25) is 0 Å². The summed E-state index contributed by atoms with van der Waals surface area (Å²) in [5, 5.41) is 0. The third-order valence-electron chi connectivity index (χ3n) is 0.323. The summed E-state index contributed by atoms with van der Waals surface area (Å²) in [4.78, 5) is 13.3. The van der Waals surface area contributed by atoms with Crippen molar-refractivity contribution in [3.63, 3.8) is 0 Å². The first kappa shape index (κ1) is 7.65. The van der Waals surface area contributed by atoms with Crippen LogP contribution in [0, 0.1) is 0 Å². The highest BCUT2D eigenvalue weighted by Crippen LogP contribution is 1.94. The van der Waals surface area contributed by atoms with Gasteiger partial charge in [0.1, 0.15) is 6.61 Å². The molecule has 1 N–H and O–H groups in total. The molecule has 0 aromatic carbocycles. The molecule has 0 saturated carbocycles. The minimum atomic E-state index is -1.59. The number of carbonyl (C=O) groups excluding carboxylic acids is 1. The summed E-state index contributed by atoms with van der Waals surface area (Å²) in [6.45, 7) is -0.364. The molecular formula is C3H4ClFNO2. The number of rotatable bonds is 4. The molecule has 0 spiro atoms. The van der Waals surface area contributed by atoms with Gasteiger partial charge in [-0.1, -0.05) is 11.6 Å². The summed E-state index contributed by atoms with van der Waals surface area (Å²) in [7, 11) is 0. The predicted molar refractivity (Wildman–Crippen MR) is 25.5 cm³/mol. The Morgan fingerprint density at radius 2 is 2.62 bits per heavy atom. The van der Waals surface area contributed by atoms with Crippen molar-refractivity contribution >= 4 is 18.0 Å². The molecule has 5 heteroatoms. The van der Waals surface area contributed by atoms with Gasteiger partial charge in [-0.3, -0.25) is 9.63 Å². The van der Waals surface area contributed by atoms with E-state index in [1.54, 1.807) is 5.48 Å². The molecule has 0 aromatic heterocycles. The van der Waals surface area contributed by atoms with E-state index in [1.807, 2.05) is 0 Å². The van der Waals surface area contributed by atoms with Crippen LogP contribution in [0.1, 0.15) is 0 Å². The van der Waals surface area contributed by atoms with Crippen molar-refractivity contribution in [1.82, 2.24) is 5.48 Å². The standard InChI is InChI=1S/C3H4ClFNO2/c4-3(5)1-8-6-2-7/h3H,1H2,(H,6,7). The molecule has 0 aliphatic heterocycles. The second-order valence-electron chi connectivity index (χ2n) is 0.906. The fraction of sp³-hybridized carbons (Fsp3) is 0.667. The molecule has 1 radical (unpaired) electrons. The van der Waals surface area contributed by atoms with E-state index in [2.05, 4.69) is 4.84 Å². The van der Waals surface area contributed by atoms with Crippen molar-refractivity contribution in [2.75, 3.05) is 6.61 Å². The Kier molecular flexibility index (Phi) is 4.59. The van der Waals surface area contributed by atoms with Crippen LogP contribution in [-0.2, 0) is 9.63 Å². The van der Waals surface area contributed by atoms with E-state index in [-0.39, 0.29) is 6.61 Å². The molecule has 0 aliphatic rings. The van der Waals surface area contributed by atoms with E-state index in [4.69, 9.17) is 11.6 Å². The van der Waals surface area contributed by atoms with Crippen LogP contribution in [0.5, 0.6) is 0 Å². The van der Waals surface area contributed by atoms with E-state index in [0.29, 0.717) is 0 Å². The van der Waals surface area contributed by atoms with Crippen molar-refractivity contribution in [1.29, 1.82) is 0 Å². The molecular weight excluding hydrogens is 136 g/mol. The number of hydroxylamine groups is 1. The lowest BCUT2D eigenvalue weighted by atomic mass is 10.8. The maximum atomic E-state index is 11.5. The first-order valence-corrected chi connectivity index (χ1v) is 2.23. The lowest BCUT2D eigenvalue weighted by molar-refractivity contribution is 0.0617. The molecule has 0 fully saturated rings. The smallest absolute Gasteiger partial charge is 0.269 e. The Hall–Kier alpha value is -0.350. The summed E-state index contributed by atoms with van der Waals surface area (Å²) >= 11 is 4.75. The normalized spacial score (nSPS) is 12.8. The summed E-state index contributed by atoms with van der Waals surface area (Å²) in [6.07, 6.45) is 1.18. The van der Waals surface area contributed by atoms with Crippen molar-refractivity contribution in [3.8, 4) is 0 Å². The number of nitrogens with one attached hydrogen (secondary N) is 1. The summed E-state index contributed by atoms with van der Waals surface area (Å²) < 4.78 is 11.5. The first-order chi connectivity index (χ1) is 3.77. The van der Waals surface area contributed by atoms with Crippen LogP contribution in [0.3, 0.4) is 0 Å². The van der Waals surface area contributed by atoms with E-state index < -0.39 is 5.63 Å². The van der Waals surface area contributed by atoms with Crippen LogP contribution in [0.4, 0.5) is 4.39 Å². The molecule has 3 nitrogen and oxygen atoms in total. The number of alkyl halides is 2. The Bertz CT molecular complexity index is 70.3. The minimum absolute atomic E-state index is 0.364. The van der Waals surface area contributed by atoms with Gasteiger partial charge < -0.3 is 0 Å². The van der Waals surface area contributed by atoms with Gasteiger partial charge in [-0.25, -0.2) is 9.87 Å². The SMILES string of the molecule is O=[C]NOCC(F)Cl. The number of amides is 1. The fourth-order valence-electron chi connectivity index (χ4n) is 0.134. The van der Waals surface area contributed by atoms with Gasteiger partial charge in [-0.05, 0) is 0 Å². The van der Waals surface area contributed by atoms with Crippen LogP contribution in [0.15, 0.2) is 0 Å². The fourth-order valence-corrected chi connectivity index (χ4v) is 0.197. The maximum absolute atomic E-state index is 11.5. The molecule has 0 aromatic rings. The van der Waals surface area contributed by atoms with E-state index in [0.717, 1.165) is 0 Å². The molecule has 0 saturated heterocycles. The van der Waals surface area contributed by atoms with Gasteiger partial charge in [0.05, 0.1) is 0 Å². The Labute approximate surface area is 50.7 Å². The van der Waals surface area contributed by atoms with Gasteiger partial charge in [0, 0.05) is 0 Å². The third-order valence-corrected chi connectivity index (χ3v) is 0.449. The molecule has 1 unspecified atom stereocenters. The molecule has 0 heterocycles. The monoisotopic (exact) mass is 140 g/mol. The average molecular weight is 141 g/mol. The number of hydrogen-bond donors (Lipinski definition) is 1. The van der Waals surface area contributed by atoms with Crippen LogP contribution >= 0.6 is 11.6 Å². The van der Waals surface area contributed by atoms with Crippen LogP contribution in [-0.4, -0.2) is 18.6 Å². The highest BCUT2D eigenvalue weighted by Gasteiger charge is 1.97. The molecule has 0 bridgehead atoms. The third kappa shape index (κ3) is 5.65. The second kappa shape index (κ2) is 4.80. The zero-order valence-electron chi connectivity index (χ0n) is 3.86. The van der Waals surface area contributed by atoms with E-state index >= 15 is 0 Å². The van der Waals surface area contributed by atoms with Crippen molar-refractivity contribution in [3.05, 3.63) is 0 Å². The lowest BCUT2D eigenvalue weighted by Gasteiger charge is -1.96. The molecule has 0 aliphatic carbocycles.